The van der Waals surface area contributed by atoms with Crippen LogP contribution >= 0.6 is 15.9 Å². The number of benzene rings is 1. The second-order valence-electron chi connectivity index (χ2n) is 4.12. The molecular formula is C13H15Br. The van der Waals surface area contributed by atoms with Crippen LogP contribution in [0.25, 0.3) is 5.57 Å². The van der Waals surface area contributed by atoms with Crippen LogP contribution in [0.15, 0.2) is 28.7 Å². The van der Waals surface area contributed by atoms with Crippen molar-refractivity contribution in [2.45, 2.75) is 26.7 Å². The zero-order valence-electron chi connectivity index (χ0n) is 8.68. The topological polar surface area (TPSA) is 0 Å². The molecule has 1 heteroatoms. The van der Waals surface area contributed by atoms with E-state index in [1.807, 2.05) is 0 Å². The Balaban J connectivity index is 2.54. The molecule has 0 heterocycles. The minimum absolute atomic E-state index is 0.628. The molecule has 0 radical (unpaired) electrons. The van der Waals surface area contributed by atoms with Crippen molar-refractivity contribution in [1.82, 2.24) is 0 Å². The molecule has 1 aromatic rings. The summed E-state index contributed by atoms with van der Waals surface area (Å²) in [6.07, 6.45) is 4.75. The molecule has 0 spiro atoms. The number of fused-ring (bicyclic) bond motifs is 1. The molecule has 0 amide bonds. The van der Waals surface area contributed by atoms with Gasteiger partial charge < -0.3 is 0 Å². The van der Waals surface area contributed by atoms with Gasteiger partial charge in [0.15, 0.2) is 0 Å². The lowest BCUT2D eigenvalue weighted by Gasteiger charge is -2.21. The minimum atomic E-state index is 0.628. The van der Waals surface area contributed by atoms with Gasteiger partial charge in [-0.3, -0.25) is 0 Å². The minimum Gasteiger partial charge on any atom is -0.0801 e. The highest BCUT2D eigenvalue weighted by Crippen LogP contribution is 2.35. The van der Waals surface area contributed by atoms with E-state index in [0.717, 1.165) is 0 Å². The molecule has 0 fully saturated rings. The van der Waals surface area contributed by atoms with E-state index in [-0.39, 0.29) is 0 Å². The Morgan fingerprint density at radius 2 is 2.07 bits per heavy atom. The molecule has 0 saturated heterocycles. The van der Waals surface area contributed by atoms with Crippen molar-refractivity contribution >= 4 is 21.5 Å². The van der Waals surface area contributed by atoms with E-state index in [1.54, 1.807) is 0 Å². The molecule has 14 heavy (non-hydrogen) atoms. The van der Waals surface area contributed by atoms with Crippen molar-refractivity contribution < 1.29 is 0 Å². The predicted molar refractivity (Wildman–Crippen MR) is 65.3 cm³/mol. The Labute approximate surface area is 94.2 Å². The van der Waals surface area contributed by atoms with Crippen molar-refractivity contribution in [1.29, 1.82) is 0 Å². The number of hydrogen-bond donors (Lipinski definition) is 0. The molecule has 0 N–H and O–H groups in total. The first-order valence-corrected chi connectivity index (χ1v) is 5.97. The number of hydrogen-bond acceptors (Lipinski definition) is 0. The molecule has 74 valence electrons. The summed E-state index contributed by atoms with van der Waals surface area (Å²) in [6, 6.07) is 6.51. The van der Waals surface area contributed by atoms with Gasteiger partial charge in [-0.05, 0) is 41.5 Å². The average Bonchev–Trinajstić information content (AvgIpc) is 2.17. The van der Waals surface area contributed by atoms with Crippen LogP contribution in [0, 0.1) is 5.92 Å². The van der Waals surface area contributed by atoms with E-state index < -0.39 is 0 Å². The third kappa shape index (κ3) is 1.66. The van der Waals surface area contributed by atoms with Gasteiger partial charge in [-0.1, -0.05) is 48.0 Å². The van der Waals surface area contributed by atoms with Gasteiger partial charge in [0.1, 0.15) is 0 Å². The van der Waals surface area contributed by atoms with Crippen molar-refractivity contribution in [3.05, 3.63) is 39.9 Å². The van der Waals surface area contributed by atoms with Gasteiger partial charge in [0.05, 0.1) is 0 Å². The van der Waals surface area contributed by atoms with Crippen LogP contribution < -0.4 is 0 Å². The summed E-state index contributed by atoms with van der Waals surface area (Å²) < 4.78 is 1.27. The van der Waals surface area contributed by atoms with Crippen LogP contribution in [0.5, 0.6) is 0 Å². The summed E-state index contributed by atoms with van der Waals surface area (Å²) in [5, 5.41) is 0. The average molecular weight is 251 g/mol. The van der Waals surface area contributed by atoms with Gasteiger partial charge in [0.25, 0.3) is 0 Å². The van der Waals surface area contributed by atoms with Crippen LogP contribution in [-0.4, -0.2) is 0 Å². The van der Waals surface area contributed by atoms with E-state index in [4.69, 9.17) is 0 Å². The fraction of sp³-hybridized carbons (Fsp3) is 0.385. The first kappa shape index (κ1) is 9.97. The normalized spacial score (nSPS) is 15.3. The lowest BCUT2D eigenvalue weighted by Crippen LogP contribution is -2.04. The number of halogens is 1. The third-order valence-corrected chi connectivity index (χ3v) is 3.55. The largest absolute Gasteiger partial charge is 0.0801 e. The molecule has 0 unspecified atom stereocenters. The zero-order chi connectivity index (χ0) is 10.1. The van der Waals surface area contributed by atoms with Crippen LogP contribution in [0.2, 0.25) is 0 Å². The first-order valence-electron chi connectivity index (χ1n) is 5.18. The summed E-state index contributed by atoms with van der Waals surface area (Å²) in [4.78, 5) is 0. The molecule has 2 rings (SSSR count). The maximum Gasteiger partial charge on any atom is 0.0213 e. The van der Waals surface area contributed by atoms with E-state index >= 15 is 0 Å². The molecule has 1 aliphatic rings. The fourth-order valence-electron chi connectivity index (χ4n) is 2.11. The summed E-state index contributed by atoms with van der Waals surface area (Å²) in [6.45, 7) is 4.53. The molecule has 0 atom stereocenters. The summed E-state index contributed by atoms with van der Waals surface area (Å²) in [7, 11) is 0. The lowest BCUT2D eigenvalue weighted by atomic mass is 9.85. The lowest BCUT2D eigenvalue weighted by molar-refractivity contribution is 0.828. The fourth-order valence-corrected chi connectivity index (χ4v) is 2.68. The van der Waals surface area contributed by atoms with Gasteiger partial charge in [-0.15, -0.1) is 0 Å². The number of rotatable bonds is 1. The van der Waals surface area contributed by atoms with Crippen LogP contribution in [-0.2, 0) is 6.42 Å². The van der Waals surface area contributed by atoms with E-state index in [2.05, 4.69) is 54.1 Å². The molecule has 0 aliphatic heterocycles. The van der Waals surface area contributed by atoms with Crippen LogP contribution in [0.4, 0.5) is 0 Å². The molecule has 1 aliphatic carbocycles. The highest BCUT2D eigenvalue weighted by atomic mass is 79.9. The van der Waals surface area contributed by atoms with Gasteiger partial charge in [-0.25, -0.2) is 0 Å². The molecule has 0 bridgehead atoms. The molecule has 0 nitrogen and oxygen atoms in total. The second-order valence-corrected chi connectivity index (χ2v) is 4.97. The highest BCUT2D eigenvalue weighted by Gasteiger charge is 2.16. The second kappa shape index (κ2) is 3.90. The van der Waals surface area contributed by atoms with E-state index in [1.165, 1.54) is 34.0 Å². The smallest absolute Gasteiger partial charge is 0.0213 e. The Hall–Kier alpha value is -0.560. The van der Waals surface area contributed by atoms with E-state index in [9.17, 15) is 0 Å². The third-order valence-electron chi connectivity index (χ3n) is 2.81. The predicted octanol–water partition coefficient (Wildman–Crippen LogP) is 4.43. The van der Waals surface area contributed by atoms with Gasteiger partial charge in [-0.2, -0.15) is 0 Å². The molecular weight excluding hydrogens is 236 g/mol. The zero-order valence-corrected chi connectivity index (χ0v) is 10.3. The Bertz CT molecular complexity index is 375. The maximum atomic E-state index is 3.63. The standard InChI is InChI=1S/C13H15Br/c1-9(2)10-5-3-7-12-11(10)6-4-8-13(12)14/h4-6,8-9H,3,7H2,1-2H3. The van der Waals surface area contributed by atoms with E-state index in [0.29, 0.717) is 5.92 Å². The van der Waals surface area contributed by atoms with Crippen molar-refractivity contribution in [3.8, 4) is 0 Å². The molecule has 1 aromatic carbocycles. The Morgan fingerprint density at radius 3 is 2.79 bits per heavy atom. The Kier molecular flexibility index (Phi) is 2.78. The van der Waals surface area contributed by atoms with Gasteiger partial charge >= 0.3 is 0 Å². The van der Waals surface area contributed by atoms with Crippen LogP contribution in [0.3, 0.4) is 0 Å². The SMILES string of the molecule is CC(C)C1=CCCc2c(Br)cccc21. The number of allylic oxidation sites excluding steroid dienone is 2. The molecule has 0 aromatic heterocycles. The summed E-state index contributed by atoms with van der Waals surface area (Å²) in [5.74, 6) is 0.628. The maximum absolute atomic E-state index is 3.63. The molecule has 0 saturated carbocycles. The monoisotopic (exact) mass is 250 g/mol. The first-order chi connectivity index (χ1) is 6.70. The quantitative estimate of drug-likeness (QED) is 0.692. The van der Waals surface area contributed by atoms with Crippen LogP contribution in [0.1, 0.15) is 31.4 Å². The van der Waals surface area contributed by atoms with Crippen molar-refractivity contribution in [2.24, 2.45) is 5.92 Å². The summed E-state index contributed by atoms with van der Waals surface area (Å²) >= 11 is 3.63. The van der Waals surface area contributed by atoms with Gasteiger partial charge in [0.2, 0.25) is 0 Å². The van der Waals surface area contributed by atoms with Crippen molar-refractivity contribution in [2.75, 3.05) is 0 Å². The van der Waals surface area contributed by atoms with Gasteiger partial charge in [0, 0.05) is 4.47 Å². The highest BCUT2D eigenvalue weighted by molar-refractivity contribution is 9.10. The van der Waals surface area contributed by atoms with Crippen molar-refractivity contribution in [3.63, 3.8) is 0 Å². The summed E-state index contributed by atoms with van der Waals surface area (Å²) in [5.41, 5.74) is 4.44. The Morgan fingerprint density at radius 1 is 1.29 bits per heavy atom.